The number of esters is 1. The molecule has 1 amide bonds. The van der Waals surface area contributed by atoms with Crippen LogP contribution in [0.15, 0.2) is 30.3 Å². The van der Waals surface area contributed by atoms with Gasteiger partial charge in [0.25, 0.3) is 0 Å². The van der Waals surface area contributed by atoms with Crippen molar-refractivity contribution in [2.75, 3.05) is 19.6 Å². The second-order valence-electron chi connectivity index (χ2n) is 6.53. The zero-order chi connectivity index (χ0) is 16.9. The molecule has 0 aliphatic carbocycles. The molecule has 2 heterocycles. The number of nitrogens with one attached hydrogen (secondary N) is 1. The summed E-state index contributed by atoms with van der Waals surface area (Å²) in [5.41, 5.74) is 0.924. The van der Waals surface area contributed by atoms with Crippen LogP contribution in [0.2, 0.25) is 0 Å². The van der Waals surface area contributed by atoms with Gasteiger partial charge in [0, 0.05) is 13.1 Å². The highest BCUT2D eigenvalue weighted by molar-refractivity contribution is 5.85. The second kappa shape index (κ2) is 7.77. The quantitative estimate of drug-likeness (QED) is 0.790. The van der Waals surface area contributed by atoms with Gasteiger partial charge in [0.05, 0.1) is 18.8 Å². The number of carbonyl (C=O) groups excluding carboxylic acids is 2. The van der Waals surface area contributed by atoms with Crippen LogP contribution in [-0.2, 0) is 25.7 Å². The fourth-order valence-electron chi connectivity index (χ4n) is 3.23. The first kappa shape index (κ1) is 16.9. The van der Waals surface area contributed by atoms with Gasteiger partial charge in [0.15, 0.2) is 0 Å². The Hall–Kier alpha value is -1.92. The molecular formula is C18H24N2O4. The van der Waals surface area contributed by atoms with Crippen molar-refractivity contribution in [3.8, 4) is 0 Å². The Morgan fingerprint density at radius 1 is 1.25 bits per heavy atom. The van der Waals surface area contributed by atoms with Crippen molar-refractivity contribution >= 4 is 11.9 Å². The molecule has 0 spiro atoms. The third-order valence-corrected chi connectivity index (χ3v) is 4.44. The molecule has 1 aromatic carbocycles. The summed E-state index contributed by atoms with van der Waals surface area (Å²) in [5.74, 6) is -0.574. The number of benzene rings is 1. The van der Waals surface area contributed by atoms with Gasteiger partial charge in [-0.05, 0) is 25.3 Å². The van der Waals surface area contributed by atoms with Crippen LogP contribution in [0.3, 0.4) is 0 Å². The van der Waals surface area contributed by atoms with Gasteiger partial charge >= 0.3 is 5.97 Å². The minimum absolute atomic E-state index is 0.152. The lowest BCUT2D eigenvalue weighted by molar-refractivity contribution is -0.148. The third kappa shape index (κ3) is 4.55. The first-order valence-electron chi connectivity index (χ1n) is 8.48. The van der Waals surface area contributed by atoms with Crippen LogP contribution >= 0.6 is 0 Å². The van der Waals surface area contributed by atoms with Crippen LogP contribution in [0, 0.1) is 0 Å². The molecule has 6 nitrogen and oxygen atoms in total. The lowest BCUT2D eigenvalue weighted by atomic mass is 10.2. The summed E-state index contributed by atoms with van der Waals surface area (Å²) in [5, 5.41) is 2.72. The normalized spacial score (nSPS) is 24.4. The summed E-state index contributed by atoms with van der Waals surface area (Å²) in [7, 11) is 0. The van der Waals surface area contributed by atoms with Gasteiger partial charge in [0.1, 0.15) is 12.6 Å². The minimum atomic E-state index is -0.654. The maximum absolute atomic E-state index is 12.1. The summed E-state index contributed by atoms with van der Waals surface area (Å²) in [4.78, 5) is 26.2. The van der Waals surface area contributed by atoms with Crippen molar-refractivity contribution in [3.05, 3.63) is 35.9 Å². The van der Waals surface area contributed by atoms with E-state index in [0.29, 0.717) is 6.54 Å². The van der Waals surface area contributed by atoms with Gasteiger partial charge in [-0.25, -0.2) is 4.79 Å². The Labute approximate surface area is 142 Å². The van der Waals surface area contributed by atoms with Crippen LogP contribution in [0.25, 0.3) is 0 Å². The zero-order valence-electron chi connectivity index (χ0n) is 13.9. The van der Waals surface area contributed by atoms with Crippen molar-refractivity contribution in [2.45, 2.75) is 44.6 Å². The maximum atomic E-state index is 12.1. The third-order valence-electron chi connectivity index (χ3n) is 4.44. The molecule has 24 heavy (non-hydrogen) atoms. The summed E-state index contributed by atoms with van der Waals surface area (Å²) in [6.07, 6.45) is 2.66. The molecule has 0 radical (unpaired) electrons. The number of ether oxygens (including phenoxy) is 2. The molecule has 6 heteroatoms. The van der Waals surface area contributed by atoms with Crippen LogP contribution in [0.1, 0.15) is 25.3 Å². The predicted molar refractivity (Wildman–Crippen MR) is 88.2 cm³/mol. The average Bonchev–Trinajstić information content (AvgIpc) is 2.92. The largest absolute Gasteiger partial charge is 0.459 e. The SMILES string of the molecule is C[C@H](NC(=O)CN1CC2CCC(C1)O2)C(=O)OCc1ccccc1. The monoisotopic (exact) mass is 332 g/mol. The Balaban J connectivity index is 1.39. The van der Waals surface area contributed by atoms with Crippen molar-refractivity contribution in [3.63, 3.8) is 0 Å². The van der Waals surface area contributed by atoms with Crippen molar-refractivity contribution < 1.29 is 19.1 Å². The number of hydrogen-bond donors (Lipinski definition) is 1. The lowest BCUT2D eigenvalue weighted by Crippen LogP contribution is -2.49. The summed E-state index contributed by atoms with van der Waals surface area (Å²) in [6, 6.07) is 8.82. The number of carbonyl (C=O) groups is 2. The van der Waals surface area contributed by atoms with Gasteiger partial charge in [-0.15, -0.1) is 0 Å². The molecular weight excluding hydrogens is 308 g/mol. The van der Waals surface area contributed by atoms with E-state index in [1.54, 1.807) is 6.92 Å². The number of amides is 1. The molecule has 2 saturated heterocycles. The summed E-state index contributed by atoms with van der Waals surface area (Å²) < 4.78 is 11.0. The summed E-state index contributed by atoms with van der Waals surface area (Å²) >= 11 is 0. The highest BCUT2D eigenvalue weighted by Gasteiger charge is 2.34. The van der Waals surface area contributed by atoms with Crippen molar-refractivity contribution in [1.29, 1.82) is 0 Å². The Morgan fingerprint density at radius 2 is 1.92 bits per heavy atom. The fraction of sp³-hybridized carbons (Fsp3) is 0.556. The van der Waals surface area contributed by atoms with Crippen LogP contribution < -0.4 is 5.32 Å². The molecule has 2 aliphatic heterocycles. The van der Waals surface area contributed by atoms with E-state index in [9.17, 15) is 9.59 Å². The van der Waals surface area contributed by atoms with Crippen molar-refractivity contribution in [2.24, 2.45) is 0 Å². The molecule has 1 N–H and O–H groups in total. The van der Waals surface area contributed by atoms with E-state index < -0.39 is 12.0 Å². The molecule has 130 valence electrons. The first-order chi connectivity index (χ1) is 11.6. The van der Waals surface area contributed by atoms with E-state index in [1.165, 1.54) is 0 Å². The fourth-order valence-corrected chi connectivity index (χ4v) is 3.23. The van der Waals surface area contributed by atoms with Gasteiger partial charge in [-0.3, -0.25) is 9.69 Å². The highest BCUT2D eigenvalue weighted by atomic mass is 16.5. The molecule has 2 fully saturated rings. The average molecular weight is 332 g/mol. The number of nitrogens with zero attached hydrogens (tertiary/aromatic N) is 1. The van der Waals surface area contributed by atoms with E-state index in [2.05, 4.69) is 10.2 Å². The molecule has 0 saturated carbocycles. The lowest BCUT2D eigenvalue weighted by Gasteiger charge is -2.31. The van der Waals surface area contributed by atoms with E-state index >= 15 is 0 Å². The maximum Gasteiger partial charge on any atom is 0.328 e. The molecule has 0 aromatic heterocycles. The zero-order valence-corrected chi connectivity index (χ0v) is 13.9. The predicted octanol–water partition coefficient (Wildman–Crippen LogP) is 1.10. The Bertz CT molecular complexity index is 566. The molecule has 2 unspecified atom stereocenters. The smallest absolute Gasteiger partial charge is 0.328 e. The van der Waals surface area contributed by atoms with Gasteiger partial charge in [-0.1, -0.05) is 30.3 Å². The highest BCUT2D eigenvalue weighted by Crippen LogP contribution is 2.25. The van der Waals surface area contributed by atoms with E-state index in [0.717, 1.165) is 31.5 Å². The standard InChI is InChI=1S/C18H24N2O4/c1-13(18(22)23-12-14-5-3-2-4-6-14)19-17(21)11-20-9-15-7-8-16(10-20)24-15/h2-6,13,15-16H,7-12H2,1H3,(H,19,21)/t13-,15?,16?/m0/s1. The number of hydrogen-bond acceptors (Lipinski definition) is 5. The molecule has 1 aromatic rings. The minimum Gasteiger partial charge on any atom is -0.459 e. The Kier molecular flexibility index (Phi) is 5.48. The molecule has 2 aliphatic rings. The van der Waals surface area contributed by atoms with Gasteiger partial charge in [0.2, 0.25) is 5.91 Å². The number of rotatable bonds is 6. The summed E-state index contributed by atoms with van der Waals surface area (Å²) in [6.45, 7) is 3.74. The van der Waals surface area contributed by atoms with Crippen LogP contribution in [-0.4, -0.2) is 54.7 Å². The van der Waals surface area contributed by atoms with Gasteiger partial charge < -0.3 is 14.8 Å². The molecule has 3 atom stereocenters. The number of fused-ring (bicyclic) bond motifs is 2. The first-order valence-corrected chi connectivity index (χ1v) is 8.48. The van der Waals surface area contributed by atoms with Crippen LogP contribution in [0.4, 0.5) is 0 Å². The number of morpholine rings is 1. The molecule has 2 bridgehead atoms. The Morgan fingerprint density at radius 3 is 2.58 bits per heavy atom. The number of likely N-dealkylation sites (tertiary alicyclic amines) is 1. The van der Waals surface area contributed by atoms with E-state index in [4.69, 9.17) is 9.47 Å². The second-order valence-corrected chi connectivity index (χ2v) is 6.53. The van der Waals surface area contributed by atoms with E-state index in [1.807, 2.05) is 30.3 Å². The topological polar surface area (TPSA) is 67.9 Å². The molecule has 3 rings (SSSR count). The van der Waals surface area contributed by atoms with Crippen molar-refractivity contribution in [1.82, 2.24) is 10.2 Å². The van der Waals surface area contributed by atoms with Gasteiger partial charge in [-0.2, -0.15) is 0 Å². The van der Waals surface area contributed by atoms with Crippen LogP contribution in [0.5, 0.6) is 0 Å². The van der Waals surface area contributed by atoms with E-state index in [-0.39, 0.29) is 24.7 Å².